The standard InChI is InChI=1S/C18H15ClN2OS/c1-11-6-7-12(2)15(8-11)20-18-21-17(22)16(23-18)10-13-4-3-5-14(19)9-13/h3-10H,1-2H3,(H,20,21,22)/b16-10-. The van der Waals surface area contributed by atoms with Crippen LogP contribution in [0, 0.1) is 13.8 Å². The lowest BCUT2D eigenvalue weighted by Gasteiger charge is -2.02. The fraction of sp³-hybridized carbons (Fsp3) is 0.111. The molecule has 1 saturated heterocycles. The van der Waals surface area contributed by atoms with Gasteiger partial charge in [-0.2, -0.15) is 0 Å². The molecule has 1 heterocycles. The lowest BCUT2D eigenvalue weighted by Crippen LogP contribution is -2.19. The zero-order valence-electron chi connectivity index (χ0n) is 12.8. The van der Waals surface area contributed by atoms with Gasteiger partial charge < -0.3 is 5.32 Å². The minimum Gasteiger partial charge on any atom is -0.300 e. The molecule has 0 aromatic heterocycles. The predicted octanol–water partition coefficient (Wildman–Crippen LogP) is 4.85. The average molecular weight is 343 g/mol. The Balaban J connectivity index is 1.87. The molecule has 0 bridgehead atoms. The molecule has 0 spiro atoms. The van der Waals surface area contributed by atoms with Crippen LogP contribution in [-0.4, -0.2) is 11.1 Å². The number of carbonyl (C=O) groups excluding carboxylic acids is 1. The summed E-state index contributed by atoms with van der Waals surface area (Å²) in [6.07, 6.45) is 1.82. The summed E-state index contributed by atoms with van der Waals surface area (Å²) in [5.74, 6) is -0.140. The molecule has 0 atom stereocenters. The van der Waals surface area contributed by atoms with Crippen LogP contribution in [0.15, 0.2) is 52.4 Å². The first kappa shape index (κ1) is 15.8. The number of nitrogens with zero attached hydrogens (tertiary/aromatic N) is 1. The number of halogens is 1. The van der Waals surface area contributed by atoms with Crippen LogP contribution in [0.1, 0.15) is 16.7 Å². The fourth-order valence-electron chi connectivity index (χ4n) is 2.18. The van der Waals surface area contributed by atoms with E-state index >= 15 is 0 Å². The number of rotatable bonds is 2. The van der Waals surface area contributed by atoms with E-state index in [-0.39, 0.29) is 5.91 Å². The number of benzene rings is 2. The first-order valence-corrected chi connectivity index (χ1v) is 8.33. The number of thioether (sulfide) groups is 1. The summed E-state index contributed by atoms with van der Waals surface area (Å²) in [6.45, 7) is 4.02. The quantitative estimate of drug-likeness (QED) is 0.793. The van der Waals surface area contributed by atoms with E-state index in [0.717, 1.165) is 22.4 Å². The molecule has 0 radical (unpaired) electrons. The molecule has 2 aromatic carbocycles. The van der Waals surface area contributed by atoms with Gasteiger partial charge in [0.2, 0.25) is 0 Å². The van der Waals surface area contributed by atoms with Crippen LogP contribution in [0.2, 0.25) is 5.02 Å². The van der Waals surface area contributed by atoms with E-state index in [2.05, 4.69) is 10.3 Å². The van der Waals surface area contributed by atoms with Gasteiger partial charge in [-0.3, -0.25) is 4.79 Å². The van der Waals surface area contributed by atoms with Crippen molar-refractivity contribution in [1.29, 1.82) is 0 Å². The molecule has 0 saturated carbocycles. The highest BCUT2D eigenvalue weighted by atomic mass is 35.5. The molecule has 1 amide bonds. The van der Waals surface area contributed by atoms with E-state index < -0.39 is 0 Å². The van der Waals surface area contributed by atoms with Crippen molar-refractivity contribution < 1.29 is 4.79 Å². The highest BCUT2D eigenvalue weighted by Crippen LogP contribution is 2.29. The van der Waals surface area contributed by atoms with Crippen LogP contribution >= 0.6 is 23.4 Å². The van der Waals surface area contributed by atoms with Crippen LogP contribution < -0.4 is 5.32 Å². The van der Waals surface area contributed by atoms with Crippen molar-refractivity contribution >= 4 is 46.2 Å². The molecule has 3 nitrogen and oxygen atoms in total. The van der Waals surface area contributed by atoms with E-state index in [1.165, 1.54) is 11.8 Å². The normalized spacial score (nSPS) is 17.8. The molecule has 116 valence electrons. The fourth-order valence-corrected chi connectivity index (χ4v) is 3.21. The van der Waals surface area contributed by atoms with Crippen molar-refractivity contribution in [3.8, 4) is 0 Å². The predicted molar refractivity (Wildman–Crippen MR) is 98.2 cm³/mol. The molecule has 23 heavy (non-hydrogen) atoms. The summed E-state index contributed by atoms with van der Waals surface area (Å²) < 4.78 is 0. The number of amides is 1. The number of amidine groups is 1. The zero-order valence-corrected chi connectivity index (χ0v) is 14.3. The molecule has 1 aliphatic rings. The Hall–Kier alpha value is -2.04. The minimum absolute atomic E-state index is 0.140. The third-order valence-electron chi connectivity index (χ3n) is 3.38. The maximum Gasteiger partial charge on any atom is 0.264 e. The molecule has 5 heteroatoms. The first-order valence-electron chi connectivity index (χ1n) is 7.14. The molecular formula is C18H15ClN2OS. The maximum atomic E-state index is 12.1. The Morgan fingerprint density at radius 3 is 2.78 bits per heavy atom. The average Bonchev–Trinajstić information content (AvgIpc) is 2.83. The number of hydrogen-bond donors (Lipinski definition) is 1. The Bertz CT molecular complexity index is 843. The van der Waals surface area contributed by atoms with E-state index in [1.54, 1.807) is 6.07 Å². The molecule has 0 aliphatic carbocycles. The monoisotopic (exact) mass is 342 g/mol. The molecule has 1 aliphatic heterocycles. The molecule has 0 unspecified atom stereocenters. The third-order valence-corrected chi connectivity index (χ3v) is 4.53. The lowest BCUT2D eigenvalue weighted by atomic mass is 10.1. The van der Waals surface area contributed by atoms with Crippen molar-refractivity contribution in [2.75, 3.05) is 0 Å². The number of hydrogen-bond acceptors (Lipinski definition) is 3. The first-order chi connectivity index (χ1) is 11.0. The molecular weight excluding hydrogens is 328 g/mol. The summed E-state index contributed by atoms with van der Waals surface area (Å²) >= 11 is 7.31. The van der Waals surface area contributed by atoms with Crippen LogP contribution in [0.3, 0.4) is 0 Å². The van der Waals surface area contributed by atoms with Crippen LogP contribution in [0.5, 0.6) is 0 Å². The highest BCUT2D eigenvalue weighted by molar-refractivity contribution is 8.18. The van der Waals surface area contributed by atoms with Gasteiger partial charge in [0, 0.05) is 5.02 Å². The van der Waals surface area contributed by atoms with E-state index in [4.69, 9.17) is 11.6 Å². The van der Waals surface area contributed by atoms with Crippen LogP contribution in [0.4, 0.5) is 5.69 Å². The highest BCUT2D eigenvalue weighted by Gasteiger charge is 2.23. The van der Waals surface area contributed by atoms with Crippen LogP contribution in [-0.2, 0) is 4.79 Å². The number of aryl methyl sites for hydroxylation is 2. The van der Waals surface area contributed by atoms with Gasteiger partial charge in [-0.05, 0) is 66.6 Å². The van der Waals surface area contributed by atoms with Gasteiger partial charge in [0.25, 0.3) is 5.91 Å². The molecule has 3 rings (SSSR count). The van der Waals surface area contributed by atoms with Crippen molar-refractivity contribution in [1.82, 2.24) is 5.32 Å². The third kappa shape index (κ3) is 3.84. The second-order valence-corrected chi connectivity index (χ2v) is 6.79. The Morgan fingerprint density at radius 1 is 1.17 bits per heavy atom. The van der Waals surface area contributed by atoms with Crippen LogP contribution in [0.25, 0.3) is 6.08 Å². The topological polar surface area (TPSA) is 41.5 Å². The summed E-state index contributed by atoms with van der Waals surface area (Å²) in [7, 11) is 0. The largest absolute Gasteiger partial charge is 0.300 e. The Morgan fingerprint density at radius 2 is 2.00 bits per heavy atom. The van der Waals surface area contributed by atoms with Gasteiger partial charge in [-0.1, -0.05) is 35.9 Å². The minimum atomic E-state index is -0.140. The summed E-state index contributed by atoms with van der Waals surface area (Å²) in [4.78, 5) is 17.3. The van der Waals surface area contributed by atoms with Crippen molar-refractivity contribution in [2.45, 2.75) is 13.8 Å². The summed E-state index contributed by atoms with van der Waals surface area (Å²) in [5, 5.41) is 4.05. The Labute approximate surface area is 144 Å². The second-order valence-electron chi connectivity index (χ2n) is 5.33. The number of aliphatic imine (C=N–C) groups is 1. The zero-order chi connectivity index (χ0) is 16.4. The van der Waals surface area contributed by atoms with Gasteiger partial charge in [0.05, 0.1) is 10.6 Å². The van der Waals surface area contributed by atoms with E-state index in [0.29, 0.717) is 15.1 Å². The van der Waals surface area contributed by atoms with E-state index in [9.17, 15) is 4.79 Å². The smallest absolute Gasteiger partial charge is 0.264 e. The lowest BCUT2D eigenvalue weighted by molar-refractivity contribution is -0.115. The van der Waals surface area contributed by atoms with Crippen molar-refractivity contribution in [3.63, 3.8) is 0 Å². The molecule has 2 aromatic rings. The van der Waals surface area contributed by atoms with Crippen molar-refractivity contribution in [2.24, 2.45) is 4.99 Å². The van der Waals surface area contributed by atoms with E-state index in [1.807, 2.05) is 56.3 Å². The summed E-state index contributed by atoms with van der Waals surface area (Å²) in [6, 6.07) is 13.5. The molecule has 1 N–H and O–H groups in total. The molecule has 1 fully saturated rings. The maximum absolute atomic E-state index is 12.1. The SMILES string of the molecule is Cc1ccc(C)c(N=C2NC(=O)/C(=C/c3cccc(Cl)c3)S2)c1. The van der Waals surface area contributed by atoms with Gasteiger partial charge in [-0.15, -0.1) is 0 Å². The van der Waals surface area contributed by atoms with Gasteiger partial charge in [0.15, 0.2) is 5.17 Å². The van der Waals surface area contributed by atoms with Gasteiger partial charge in [0.1, 0.15) is 0 Å². The van der Waals surface area contributed by atoms with Gasteiger partial charge >= 0.3 is 0 Å². The number of carbonyl (C=O) groups is 1. The van der Waals surface area contributed by atoms with Crippen molar-refractivity contribution in [3.05, 3.63) is 69.1 Å². The van der Waals surface area contributed by atoms with Gasteiger partial charge in [-0.25, -0.2) is 4.99 Å². The second kappa shape index (κ2) is 6.60. The Kier molecular flexibility index (Phi) is 4.55. The summed E-state index contributed by atoms with van der Waals surface area (Å²) in [5.41, 5.74) is 3.98. The number of nitrogens with one attached hydrogen (secondary N) is 1.